The fourth-order valence-corrected chi connectivity index (χ4v) is 4.63. The number of pyridine rings is 1. The van der Waals surface area contributed by atoms with Gasteiger partial charge in [0.15, 0.2) is 5.82 Å². The van der Waals surface area contributed by atoms with Crippen molar-refractivity contribution in [1.82, 2.24) is 19.9 Å². The second-order valence-corrected chi connectivity index (χ2v) is 9.09. The molecule has 9 heteroatoms. The molecule has 2 N–H and O–H groups in total. The maximum absolute atomic E-state index is 14.9. The van der Waals surface area contributed by atoms with E-state index in [1.54, 1.807) is 12.4 Å². The van der Waals surface area contributed by atoms with Crippen molar-refractivity contribution < 1.29 is 18.7 Å². The number of carbonyl (C=O) groups excluding carboxylic acids is 2. The number of hydrogen-bond donors (Lipinski definition) is 2. The van der Waals surface area contributed by atoms with E-state index in [1.807, 2.05) is 24.5 Å². The van der Waals surface area contributed by atoms with Gasteiger partial charge in [-0.25, -0.2) is 14.4 Å². The summed E-state index contributed by atoms with van der Waals surface area (Å²) in [7, 11) is 1.52. The highest BCUT2D eigenvalue weighted by Gasteiger charge is 2.28. The molecule has 4 rings (SSSR count). The van der Waals surface area contributed by atoms with E-state index in [-0.39, 0.29) is 29.8 Å². The molecule has 1 aliphatic rings. The van der Waals surface area contributed by atoms with Crippen LogP contribution in [0.4, 0.5) is 10.2 Å². The van der Waals surface area contributed by atoms with Gasteiger partial charge in [-0.3, -0.25) is 9.59 Å². The van der Waals surface area contributed by atoms with Crippen molar-refractivity contribution in [2.45, 2.75) is 58.5 Å². The van der Waals surface area contributed by atoms with Gasteiger partial charge < -0.3 is 19.9 Å². The third kappa shape index (κ3) is 4.88. The molecule has 0 bridgehead atoms. The third-order valence-corrected chi connectivity index (χ3v) is 6.29. The second-order valence-electron chi connectivity index (χ2n) is 9.09. The molecular formula is C25H30FN5O3. The molecule has 0 spiro atoms. The molecule has 0 unspecified atom stereocenters. The van der Waals surface area contributed by atoms with Gasteiger partial charge in [0.1, 0.15) is 17.1 Å². The average Bonchev–Trinajstić information content (AvgIpc) is 3.24. The van der Waals surface area contributed by atoms with Crippen LogP contribution >= 0.6 is 0 Å². The van der Waals surface area contributed by atoms with Crippen LogP contribution in [0.5, 0.6) is 5.75 Å². The Bertz CT molecular complexity index is 1220. The van der Waals surface area contributed by atoms with Crippen LogP contribution in [0.25, 0.3) is 22.2 Å². The second kappa shape index (κ2) is 9.79. The Morgan fingerprint density at radius 1 is 1.21 bits per heavy atom. The molecule has 8 nitrogen and oxygen atoms in total. The van der Waals surface area contributed by atoms with Crippen LogP contribution < -0.4 is 15.4 Å². The quantitative estimate of drug-likeness (QED) is 0.558. The lowest BCUT2D eigenvalue weighted by atomic mass is 9.85. The van der Waals surface area contributed by atoms with Crippen molar-refractivity contribution in [3.8, 4) is 16.9 Å². The molecule has 2 aromatic heterocycles. The van der Waals surface area contributed by atoms with Gasteiger partial charge in [0.25, 0.3) is 0 Å². The highest BCUT2D eigenvalue weighted by Crippen LogP contribution is 2.35. The van der Waals surface area contributed by atoms with Crippen LogP contribution in [0.15, 0.2) is 30.7 Å². The fourth-order valence-electron chi connectivity index (χ4n) is 4.63. The Morgan fingerprint density at radius 2 is 2.00 bits per heavy atom. The number of halogens is 1. The molecule has 34 heavy (non-hydrogen) atoms. The van der Waals surface area contributed by atoms with Crippen molar-refractivity contribution in [1.29, 1.82) is 0 Å². The van der Waals surface area contributed by atoms with Gasteiger partial charge in [-0.2, -0.15) is 0 Å². The largest absolute Gasteiger partial charge is 0.494 e. The van der Waals surface area contributed by atoms with Gasteiger partial charge in [-0.05, 0) is 56.9 Å². The Morgan fingerprint density at radius 3 is 2.71 bits per heavy atom. The molecule has 0 radical (unpaired) electrons. The van der Waals surface area contributed by atoms with Gasteiger partial charge in [0.2, 0.25) is 11.8 Å². The highest BCUT2D eigenvalue weighted by molar-refractivity contribution is 5.93. The minimum atomic E-state index is -0.428. The van der Waals surface area contributed by atoms with E-state index >= 15 is 0 Å². The number of ether oxygens (including phenoxy) is 1. The van der Waals surface area contributed by atoms with E-state index in [0.29, 0.717) is 40.1 Å². The summed E-state index contributed by atoms with van der Waals surface area (Å²) in [6, 6.07) is 5.10. The van der Waals surface area contributed by atoms with Gasteiger partial charge in [0, 0.05) is 30.5 Å². The van der Waals surface area contributed by atoms with Crippen molar-refractivity contribution in [3.63, 3.8) is 0 Å². The first-order chi connectivity index (χ1) is 16.3. The fraction of sp³-hybridized carbons (Fsp3) is 0.440. The summed E-state index contributed by atoms with van der Waals surface area (Å²) >= 11 is 0. The van der Waals surface area contributed by atoms with E-state index in [1.165, 1.54) is 26.3 Å². The number of benzene rings is 1. The first kappa shape index (κ1) is 23.7. The first-order valence-corrected chi connectivity index (χ1v) is 11.5. The summed E-state index contributed by atoms with van der Waals surface area (Å²) in [6.07, 6.45) is 6.24. The average molecular weight is 468 g/mol. The first-order valence-electron chi connectivity index (χ1n) is 11.5. The van der Waals surface area contributed by atoms with Crippen LogP contribution in [-0.4, -0.2) is 39.5 Å². The van der Waals surface area contributed by atoms with Crippen LogP contribution in [0.2, 0.25) is 0 Å². The lowest BCUT2D eigenvalue weighted by Crippen LogP contribution is -2.40. The molecule has 1 saturated carbocycles. The molecular weight excluding hydrogens is 437 g/mol. The van der Waals surface area contributed by atoms with Crippen LogP contribution in [0.3, 0.4) is 0 Å². The number of rotatable bonds is 6. The maximum Gasteiger partial charge on any atom is 0.228 e. The maximum atomic E-state index is 14.9. The molecule has 2 atom stereocenters. The molecule has 2 amide bonds. The SMILES string of the molecule is COc1cnc(NC(=O)[C@H]2CCC[C@@H](NC(C)=O)C2)cc1-c1cc(F)c2ncn(C(C)C)c2c1. The molecule has 3 aromatic rings. The molecule has 1 aliphatic carbocycles. The van der Waals surface area contributed by atoms with E-state index in [4.69, 9.17) is 4.74 Å². The predicted octanol–water partition coefficient (Wildman–Crippen LogP) is 4.46. The lowest BCUT2D eigenvalue weighted by molar-refractivity contribution is -0.123. The molecule has 0 aliphatic heterocycles. The van der Waals surface area contributed by atoms with Gasteiger partial charge >= 0.3 is 0 Å². The number of nitrogens with one attached hydrogen (secondary N) is 2. The van der Waals surface area contributed by atoms with Gasteiger partial charge in [0.05, 0.1) is 25.2 Å². The minimum Gasteiger partial charge on any atom is -0.494 e. The molecule has 1 aromatic carbocycles. The number of imidazole rings is 1. The van der Waals surface area contributed by atoms with E-state index < -0.39 is 5.82 Å². The van der Waals surface area contributed by atoms with Crippen LogP contribution in [-0.2, 0) is 9.59 Å². The summed E-state index contributed by atoms with van der Waals surface area (Å²) in [5, 5.41) is 5.81. The smallest absolute Gasteiger partial charge is 0.228 e. The number of methoxy groups -OCH3 is 1. The summed E-state index contributed by atoms with van der Waals surface area (Å²) < 4.78 is 22.3. The Labute approximate surface area is 197 Å². The lowest BCUT2D eigenvalue weighted by Gasteiger charge is -2.28. The summed E-state index contributed by atoms with van der Waals surface area (Å²) in [4.78, 5) is 32.9. The third-order valence-electron chi connectivity index (χ3n) is 6.29. The van der Waals surface area contributed by atoms with Gasteiger partial charge in [-0.15, -0.1) is 0 Å². The number of anilines is 1. The Kier molecular flexibility index (Phi) is 6.81. The Hall–Kier alpha value is -3.49. The summed E-state index contributed by atoms with van der Waals surface area (Å²) in [5.41, 5.74) is 2.21. The van der Waals surface area contributed by atoms with Crippen molar-refractivity contribution in [3.05, 3.63) is 36.5 Å². The molecule has 0 saturated heterocycles. The molecule has 180 valence electrons. The topological polar surface area (TPSA) is 98.1 Å². The minimum absolute atomic E-state index is 0.00176. The zero-order valence-electron chi connectivity index (χ0n) is 19.9. The van der Waals surface area contributed by atoms with Crippen molar-refractivity contribution in [2.75, 3.05) is 12.4 Å². The number of carbonyl (C=O) groups is 2. The van der Waals surface area contributed by atoms with E-state index in [9.17, 15) is 14.0 Å². The summed E-state index contributed by atoms with van der Waals surface area (Å²) in [5.74, 6) is -0.0421. The number of fused-ring (bicyclic) bond motifs is 1. The number of amides is 2. The standard InChI is InChI=1S/C25H30FN5O3/c1-14(2)31-13-28-24-20(26)9-17(10-21(24)31)19-11-23(27-12-22(19)34-4)30-25(33)16-6-5-7-18(8-16)29-15(3)32/h9-14,16,18H,5-8H2,1-4H3,(H,29,32)(H,27,30,33)/t16-,18+/m0/s1. The van der Waals surface area contributed by atoms with Crippen molar-refractivity contribution >= 4 is 28.7 Å². The zero-order chi connectivity index (χ0) is 24.4. The monoisotopic (exact) mass is 467 g/mol. The van der Waals surface area contributed by atoms with E-state index in [0.717, 1.165) is 19.3 Å². The van der Waals surface area contributed by atoms with E-state index in [2.05, 4.69) is 20.6 Å². The van der Waals surface area contributed by atoms with Crippen LogP contribution in [0, 0.1) is 11.7 Å². The molecule has 2 heterocycles. The number of hydrogen-bond acceptors (Lipinski definition) is 5. The predicted molar refractivity (Wildman–Crippen MR) is 128 cm³/mol. The van der Waals surface area contributed by atoms with Gasteiger partial charge in [-0.1, -0.05) is 6.42 Å². The van der Waals surface area contributed by atoms with Crippen LogP contribution in [0.1, 0.15) is 52.5 Å². The molecule has 1 fully saturated rings. The van der Waals surface area contributed by atoms with Crippen molar-refractivity contribution in [2.24, 2.45) is 5.92 Å². The zero-order valence-corrected chi connectivity index (χ0v) is 19.9. The summed E-state index contributed by atoms with van der Waals surface area (Å²) in [6.45, 7) is 5.50. The number of aromatic nitrogens is 3. The number of nitrogens with zero attached hydrogens (tertiary/aromatic N) is 3. The normalized spacial score (nSPS) is 18.2. The highest BCUT2D eigenvalue weighted by atomic mass is 19.1. The Balaban J connectivity index is 1.62.